The van der Waals surface area contributed by atoms with Crippen LogP contribution in [0.1, 0.15) is 12.5 Å². The normalized spacial score (nSPS) is 20.9. The average Bonchev–Trinajstić information content (AvgIpc) is 2.64. The summed E-state index contributed by atoms with van der Waals surface area (Å²) in [5, 5.41) is 0. The summed E-state index contributed by atoms with van der Waals surface area (Å²) in [6.45, 7) is 4.35. The summed E-state index contributed by atoms with van der Waals surface area (Å²) < 4.78 is 0. The quantitative estimate of drug-likeness (QED) is 0.618. The van der Waals surface area contributed by atoms with Crippen LogP contribution in [0.2, 0.25) is 0 Å². The van der Waals surface area contributed by atoms with Crippen LogP contribution in [-0.2, 0) is 0 Å². The van der Waals surface area contributed by atoms with Gasteiger partial charge >= 0.3 is 0 Å². The number of hydrogen-bond acceptors (Lipinski definition) is 3. The fraction of sp³-hybridized carbons (Fsp3) is 0.286. The SMILES string of the molecule is Cc1ccccc1N1c2cncnc2[NH+](C)[C@@H]1C.[I-]. The van der Waals surface area contributed by atoms with Crippen molar-refractivity contribution in [2.45, 2.75) is 20.0 Å². The van der Waals surface area contributed by atoms with Gasteiger partial charge in [-0.1, -0.05) is 18.2 Å². The first-order valence-electron chi connectivity index (χ1n) is 6.19. The maximum atomic E-state index is 4.41. The standard InChI is InChI=1S/C14H16N4.HI/c1-10-6-4-5-7-12(10)18-11(2)17(3)14-13(18)8-15-9-16-14;/h4-9,11H,1-3H3;1H/t11-;/m0./s1. The summed E-state index contributed by atoms with van der Waals surface area (Å²) in [6.07, 6.45) is 3.86. The third-order valence-corrected chi connectivity index (χ3v) is 3.71. The molecule has 100 valence electrons. The van der Waals surface area contributed by atoms with E-state index in [9.17, 15) is 0 Å². The number of aromatic nitrogens is 2. The molecule has 4 nitrogen and oxygen atoms in total. The molecule has 0 bridgehead atoms. The van der Waals surface area contributed by atoms with E-state index in [0.29, 0.717) is 6.17 Å². The van der Waals surface area contributed by atoms with E-state index in [1.54, 1.807) is 6.33 Å². The summed E-state index contributed by atoms with van der Waals surface area (Å²) in [4.78, 5) is 12.2. The smallest absolute Gasteiger partial charge is 0.254 e. The van der Waals surface area contributed by atoms with Crippen LogP contribution in [0.15, 0.2) is 36.8 Å². The van der Waals surface area contributed by atoms with Crippen molar-refractivity contribution in [3.05, 3.63) is 42.4 Å². The average molecular weight is 368 g/mol. The summed E-state index contributed by atoms with van der Waals surface area (Å²) in [6, 6.07) is 8.44. The zero-order valence-electron chi connectivity index (χ0n) is 11.3. The van der Waals surface area contributed by atoms with Crippen molar-refractivity contribution in [2.75, 3.05) is 11.9 Å². The number of anilines is 2. The van der Waals surface area contributed by atoms with Gasteiger partial charge in [-0.2, -0.15) is 4.98 Å². The van der Waals surface area contributed by atoms with E-state index < -0.39 is 0 Å². The number of nitrogens with one attached hydrogen (secondary N) is 1. The Kier molecular flexibility index (Phi) is 4.05. The minimum Gasteiger partial charge on any atom is -1.00 e. The lowest BCUT2D eigenvalue weighted by Gasteiger charge is -2.24. The Balaban J connectivity index is 0.00000133. The van der Waals surface area contributed by atoms with Crippen LogP contribution in [0.4, 0.5) is 17.2 Å². The van der Waals surface area contributed by atoms with Gasteiger partial charge in [-0.3, -0.25) is 9.80 Å². The summed E-state index contributed by atoms with van der Waals surface area (Å²) >= 11 is 0. The van der Waals surface area contributed by atoms with E-state index >= 15 is 0 Å². The molecule has 0 amide bonds. The fourth-order valence-corrected chi connectivity index (χ4v) is 2.57. The van der Waals surface area contributed by atoms with E-state index in [2.05, 4.69) is 60.0 Å². The first kappa shape index (κ1) is 14.2. The first-order valence-corrected chi connectivity index (χ1v) is 6.19. The second-order valence-corrected chi connectivity index (χ2v) is 4.77. The molecule has 1 unspecified atom stereocenters. The molecule has 0 saturated heterocycles. The van der Waals surface area contributed by atoms with Gasteiger partial charge in [0.25, 0.3) is 5.82 Å². The van der Waals surface area contributed by atoms with Crippen molar-refractivity contribution in [3.8, 4) is 0 Å². The lowest BCUT2D eigenvalue weighted by molar-refractivity contribution is -0.831. The molecule has 1 aliphatic heterocycles. The maximum Gasteiger partial charge on any atom is 0.254 e. The van der Waals surface area contributed by atoms with Gasteiger partial charge in [-0.05, 0) is 18.6 Å². The molecule has 2 aromatic rings. The number of rotatable bonds is 1. The Hall–Kier alpha value is -1.21. The van der Waals surface area contributed by atoms with Gasteiger partial charge in [0.2, 0.25) is 0 Å². The second kappa shape index (κ2) is 5.42. The predicted molar refractivity (Wildman–Crippen MR) is 71.4 cm³/mol. The molecule has 3 rings (SSSR count). The molecule has 1 aliphatic rings. The monoisotopic (exact) mass is 368 g/mol. The van der Waals surface area contributed by atoms with E-state index in [1.807, 2.05) is 6.20 Å². The Morgan fingerprint density at radius 2 is 1.95 bits per heavy atom. The van der Waals surface area contributed by atoms with E-state index in [-0.39, 0.29) is 24.0 Å². The van der Waals surface area contributed by atoms with Gasteiger partial charge in [0.15, 0.2) is 6.17 Å². The molecule has 1 N–H and O–H groups in total. The third kappa shape index (κ3) is 2.21. The van der Waals surface area contributed by atoms with Crippen molar-refractivity contribution in [3.63, 3.8) is 0 Å². The lowest BCUT2D eigenvalue weighted by Crippen LogP contribution is -3.07. The summed E-state index contributed by atoms with van der Waals surface area (Å²) in [5.74, 6) is 1.07. The van der Waals surface area contributed by atoms with Gasteiger partial charge in [0.1, 0.15) is 12.0 Å². The lowest BCUT2D eigenvalue weighted by atomic mass is 10.1. The highest BCUT2D eigenvalue weighted by Crippen LogP contribution is 2.34. The molecule has 5 heteroatoms. The number of aryl methyl sites for hydroxylation is 1. The largest absolute Gasteiger partial charge is 1.00 e. The van der Waals surface area contributed by atoms with Crippen molar-refractivity contribution in [1.82, 2.24) is 9.97 Å². The van der Waals surface area contributed by atoms with Gasteiger partial charge in [0.05, 0.1) is 13.2 Å². The van der Waals surface area contributed by atoms with Crippen LogP contribution >= 0.6 is 0 Å². The van der Waals surface area contributed by atoms with Gasteiger partial charge in [0, 0.05) is 12.6 Å². The van der Waals surface area contributed by atoms with Crippen molar-refractivity contribution in [1.29, 1.82) is 0 Å². The Morgan fingerprint density at radius 3 is 2.68 bits per heavy atom. The summed E-state index contributed by atoms with van der Waals surface area (Å²) in [7, 11) is 2.15. The van der Waals surface area contributed by atoms with Crippen LogP contribution in [0.3, 0.4) is 0 Å². The number of nitrogens with zero attached hydrogens (tertiary/aromatic N) is 3. The van der Waals surface area contributed by atoms with E-state index in [1.165, 1.54) is 16.2 Å². The molecule has 1 aromatic carbocycles. The van der Waals surface area contributed by atoms with Crippen molar-refractivity contribution < 1.29 is 28.9 Å². The zero-order valence-corrected chi connectivity index (χ0v) is 13.4. The Morgan fingerprint density at radius 1 is 1.21 bits per heavy atom. The van der Waals surface area contributed by atoms with Crippen LogP contribution in [-0.4, -0.2) is 23.2 Å². The fourth-order valence-electron chi connectivity index (χ4n) is 2.57. The number of para-hydroxylation sites is 1. The topological polar surface area (TPSA) is 33.5 Å². The zero-order chi connectivity index (χ0) is 12.7. The van der Waals surface area contributed by atoms with Crippen LogP contribution in [0.5, 0.6) is 0 Å². The molecule has 2 heterocycles. The molecule has 0 saturated carbocycles. The molecule has 0 fully saturated rings. The first-order chi connectivity index (χ1) is 8.70. The van der Waals surface area contributed by atoms with E-state index in [0.717, 1.165) is 11.5 Å². The second-order valence-electron chi connectivity index (χ2n) is 4.77. The molecule has 0 radical (unpaired) electrons. The number of benzene rings is 1. The number of fused-ring (bicyclic) bond motifs is 1. The molecular formula is C14H17IN4. The highest BCUT2D eigenvalue weighted by Gasteiger charge is 2.38. The number of quaternary nitrogens is 1. The van der Waals surface area contributed by atoms with Gasteiger partial charge in [-0.15, -0.1) is 0 Å². The highest BCUT2D eigenvalue weighted by atomic mass is 127. The minimum atomic E-state index is 0. The van der Waals surface area contributed by atoms with Crippen LogP contribution in [0, 0.1) is 6.92 Å². The molecule has 19 heavy (non-hydrogen) atoms. The van der Waals surface area contributed by atoms with Crippen molar-refractivity contribution in [2.24, 2.45) is 0 Å². The molecular weight excluding hydrogens is 351 g/mol. The minimum absolute atomic E-state index is 0. The maximum absolute atomic E-state index is 4.41. The highest BCUT2D eigenvalue weighted by molar-refractivity contribution is 5.73. The molecule has 0 aliphatic carbocycles. The molecule has 1 aromatic heterocycles. The van der Waals surface area contributed by atoms with Crippen molar-refractivity contribution >= 4 is 17.2 Å². The van der Waals surface area contributed by atoms with E-state index in [4.69, 9.17) is 0 Å². The predicted octanol–water partition coefficient (Wildman–Crippen LogP) is -1.57. The number of hydrogen-bond donors (Lipinski definition) is 1. The van der Waals surface area contributed by atoms with Crippen LogP contribution in [0.25, 0.3) is 0 Å². The molecule has 0 spiro atoms. The Bertz CT molecular complexity index is 587. The third-order valence-electron chi connectivity index (χ3n) is 3.71. The van der Waals surface area contributed by atoms with Gasteiger partial charge < -0.3 is 24.0 Å². The molecule has 2 atom stereocenters. The van der Waals surface area contributed by atoms with Gasteiger partial charge in [-0.25, -0.2) is 4.98 Å². The van der Waals surface area contributed by atoms with Crippen LogP contribution < -0.4 is 33.8 Å². The summed E-state index contributed by atoms with van der Waals surface area (Å²) in [5.41, 5.74) is 3.61. The Labute approximate surface area is 130 Å². The number of halogens is 1.